The number of unbranched alkanes of at least 4 members (excludes halogenated alkanes) is 4. The molecule has 1 atom stereocenters. The maximum atomic E-state index is 14.3. The van der Waals surface area contributed by atoms with Crippen molar-refractivity contribution in [2.75, 3.05) is 0 Å². The van der Waals surface area contributed by atoms with Crippen LogP contribution in [0.3, 0.4) is 0 Å². The van der Waals surface area contributed by atoms with Crippen LogP contribution in [0.4, 0.5) is 74.7 Å². The van der Waals surface area contributed by atoms with Gasteiger partial charge in [-0.3, -0.25) is 0 Å². The van der Waals surface area contributed by atoms with Crippen LogP contribution < -0.4 is 0 Å². The lowest BCUT2D eigenvalue weighted by Gasteiger charge is -2.51. The van der Waals surface area contributed by atoms with Crippen molar-refractivity contribution < 1.29 is 79.4 Å². The summed E-state index contributed by atoms with van der Waals surface area (Å²) in [6.07, 6.45) is -14.6. The van der Waals surface area contributed by atoms with E-state index in [1.165, 1.54) is 0 Å². The van der Waals surface area contributed by atoms with E-state index in [0.29, 0.717) is 0 Å². The van der Waals surface area contributed by atoms with Crippen LogP contribution in [0.15, 0.2) is 0 Å². The number of piperidine rings is 1. The number of rotatable bonds is 9. The zero-order valence-electron chi connectivity index (χ0n) is 15.9. The molecule has 0 N–H and O–H groups in total. The molecule has 1 fully saturated rings. The van der Waals surface area contributed by atoms with Crippen molar-refractivity contribution >= 4 is 0 Å². The highest BCUT2D eigenvalue weighted by Crippen LogP contribution is 2.71. The normalized spacial score (nSPS) is 26.1. The summed E-state index contributed by atoms with van der Waals surface area (Å²) in [6, 6.07) is -23.0. The minimum atomic E-state index is -7.94. The van der Waals surface area contributed by atoms with Gasteiger partial charge in [-0.25, -0.2) is 4.39 Å². The predicted octanol–water partition coefficient (Wildman–Crippen LogP) is 8.02. The second-order valence-electron chi connectivity index (χ2n) is 7.37. The van der Waals surface area contributed by atoms with Gasteiger partial charge in [0.1, 0.15) is 0 Å². The first-order valence-corrected chi connectivity index (χ1v) is 8.94. The fourth-order valence-corrected chi connectivity index (χ4v) is 3.06. The van der Waals surface area contributed by atoms with Crippen LogP contribution in [0.5, 0.6) is 0 Å². The highest BCUT2D eigenvalue weighted by atomic mass is 19.4. The highest BCUT2D eigenvalue weighted by molar-refractivity contribution is 5.09. The van der Waals surface area contributed by atoms with Gasteiger partial charge in [0.05, 0.1) is 4.71 Å². The topological polar surface area (TPSA) is 0 Å². The summed E-state index contributed by atoms with van der Waals surface area (Å²) in [5.74, 6) is -23.4. The van der Waals surface area contributed by atoms with Gasteiger partial charge in [-0.15, -0.1) is 26.3 Å². The standard InChI is InChI=1S/C15H15F17N/c16-8(6-4-2-1-3-5-7-9(17,18)19)10(20,21)33(32)14(28,29)12(24,25)11(22,23)13(26,27)15(33,30)31/h8H,1-7H2/q+1. The van der Waals surface area contributed by atoms with Crippen molar-refractivity contribution in [1.29, 1.82) is 0 Å². The lowest BCUT2D eigenvalue weighted by atomic mass is 9.91. The van der Waals surface area contributed by atoms with E-state index in [0.717, 1.165) is 0 Å². The van der Waals surface area contributed by atoms with Gasteiger partial charge in [-0.1, -0.05) is 25.7 Å². The van der Waals surface area contributed by atoms with Crippen molar-refractivity contribution in [3.8, 4) is 0 Å². The first-order chi connectivity index (χ1) is 14.4. The van der Waals surface area contributed by atoms with E-state index >= 15 is 0 Å². The number of likely N-dealkylation sites (tertiary alicyclic amines) is 1. The summed E-state index contributed by atoms with van der Waals surface area (Å²) in [4.78, 5) is 0. The van der Waals surface area contributed by atoms with Crippen LogP contribution in [0.2, 0.25) is 0 Å². The number of halogens is 17. The molecule has 0 radical (unpaired) electrons. The zero-order valence-corrected chi connectivity index (χ0v) is 15.9. The monoisotopic (exact) mass is 532 g/mol. The summed E-state index contributed by atoms with van der Waals surface area (Å²) in [6.45, 7) is 0. The number of hydrogen-bond acceptors (Lipinski definition) is 0. The average molecular weight is 532 g/mol. The van der Waals surface area contributed by atoms with E-state index in [1.807, 2.05) is 0 Å². The molecule has 1 saturated heterocycles. The summed E-state index contributed by atoms with van der Waals surface area (Å²) < 4.78 is 219. The van der Waals surface area contributed by atoms with Gasteiger partial charge < -0.3 is 0 Å². The molecule has 1 heterocycles. The van der Waals surface area contributed by atoms with Crippen LogP contribution in [0, 0.1) is 0 Å². The molecule has 1 nitrogen and oxygen atoms in total. The lowest BCUT2D eigenvalue weighted by molar-refractivity contribution is -1.25. The Morgan fingerprint density at radius 2 is 0.939 bits per heavy atom. The second-order valence-corrected chi connectivity index (χ2v) is 7.37. The molecule has 1 rings (SSSR count). The van der Waals surface area contributed by atoms with E-state index in [2.05, 4.69) is 0 Å². The van der Waals surface area contributed by atoms with Crippen molar-refractivity contribution in [2.24, 2.45) is 0 Å². The number of hydrogen-bond donors (Lipinski definition) is 0. The molecular formula is C15H15F17N+. The third kappa shape index (κ3) is 4.10. The third-order valence-corrected chi connectivity index (χ3v) is 5.02. The summed E-state index contributed by atoms with van der Waals surface area (Å²) >= 11 is 0. The van der Waals surface area contributed by atoms with Crippen LogP contribution >= 0.6 is 0 Å². The largest absolute Gasteiger partial charge is 0.508 e. The fourth-order valence-electron chi connectivity index (χ4n) is 3.06. The molecule has 18 heteroatoms. The van der Waals surface area contributed by atoms with Crippen molar-refractivity contribution in [3.63, 3.8) is 0 Å². The Balaban J connectivity index is 3.12. The summed E-state index contributed by atoms with van der Waals surface area (Å²) in [7, 11) is 0. The maximum absolute atomic E-state index is 14.3. The SMILES string of the molecule is FC(CCCCCCCC(F)(F)F)C(F)(F)[N+]1(F)C(F)(F)C(F)(F)C(F)(F)C(F)(F)C1(F)F. The Bertz CT molecular complexity index is 652. The Hall–Kier alpha value is -1.23. The van der Waals surface area contributed by atoms with E-state index < -0.39 is 85.1 Å². The number of nitrogens with zero attached hydrogens (tertiary/aromatic N) is 1. The molecule has 0 saturated carbocycles. The molecule has 0 aromatic heterocycles. The molecular weight excluding hydrogens is 517 g/mol. The molecule has 0 amide bonds. The number of quaternary nitrogens is 1. The van der Waals surface area contributed by atoms with Crippen molar-refractivity contribution in [1.82, 2.24) is 0 Å². The van der Waals surface area contributed by atoms with Gasteiger partial charge in [0.15, 0.2) is 0 Å². The molecule has 1 aliphatic rings. The predicted molar refractivity (Wildman–Crippen MR) is 74.3 cm³/mol. The van der Waals surface area contributed by atoms with E-state index in [9.17, 15) is 74.7 Å². The first-order valence-electron chi connectivity index (χ1n) is 8.94. The molecule has 1 unspecified atom stereocenters. The van der Waals surface area contributed by atoms with Crippen molar-refractivity contribution in [3.05, 3.63) is 0 Å². The summed E-state index contributed by atoms with van der Waals surface area (Å²) in [5.41, 5.74) is 0. The van der Waals surface area contributed by atoms with Crippen LogP contribution in [-0.2, 0) is 0 Å². The first kappa shape index (κ1) is 29.8. The molecule has 0 aliphatic carbocycles. The quantitative estimate of drug-likeness (QED) is 0.122. The van der Waals surface area contributed by atoms with Gasteiger partial charge in [0.25, 0.3) is 0 Å². The molecule has 0 aromatic rings. The summed E-state index contributed by atoms with van der Waals surface area (Å²) in [5, 5.41) is 0. The minimum absolute atomic E-state index is 0.223. The van der Waals surface area contributed by atoms with Crippen LogP contribution in [-0.4, -0.2) is 53.0 Å². The van der Waals surface area contributed by atoms with E-state index in [4.69, 9.17) is 0 Å². The maximum Gasteiger partial charge on any atom is 0.508 e. The van der Waals surface area contributed by atoms with E-state index in [-0.39, 0.29) is 12.8 Å². The van der Waals surface area contributed by atoms with Crippen molar-refractivity contribution in [2.45, 2.75) is 93.2 Å². The van der Waals surface area contributed by atoms with Gasteiger partial charge in [-0.2, -0.15) is 39.5 Å². The third-order valence-electron chi connectivity index (χ3n) is 5.02. The van der Waals surface area contributed by atoms with Gasteiger partial charge in [-0.05, 0) is 12.8 Å². The molecule has 1 aliphatic heterocycles. The Morgan fingerprint density at radius 1 is 0.576 bits per heavy atom. The average Bonchev–Trinajstić information content (AvgIpc) is 2.63. The van der Waals surface area contributed by atoms with Crippen LogP contribution in [0.1, 0.15) is 44.9 Å². The van der Waals surface area contributed by atoms with Gasteiger partial charge in [0, 0.05) is 10.9 Å². The Kier molecular flexibility index (Phi) is 7.64. The second kappa shape index (κ2) is 8.46. The lowest BCUT2D eigenvalue weighted by Crippen LogP contribution is -2.90. The molecule has 0 spiro atoms. The van der Waals surface area contributed by atoms with Gasteiger partial charge >= 0.3 is 42.1 Å². The smallest absolute Gasteiger partial charge is 0.233 e. The molecule has 33 heavy (non-hydrogen) atoms. The van der Waals surface area contributed by atoms with Gasteiger partial charge in [0.2, 0.25) is 6.17 Å². The van der Waals surface area contributed by atoms with E-state index in [1.54, 1.807) is 0 Å². The molecule has 0 bridgehead atoms. The Morgan fingerprint density at radius 3 is 1.33 bits per heavy atom. The highest BCUT2D eigenvalue weighted by Gasteiger charge is 3.08. The zero-order chi connectivity index (χ0) is 26.5. The fraction of sp³-hybridized carbons (Fsp3) is 1.00. The molecule has 0 aromatic carbocycles. The molecule has 198 valence electrons. The number of alkyl halides is 16. The Labute approximate surface area is 174 Å². The van der Waals surface area contributed by atoms with Crippen LogP contribution in [0.25, 0.3) is 0 Å². The minimum Gasteiger partial charge on any atom is -0.233 e.